The number of hydrogen-bond acceptors (Lipinski definition) is 3. The Labute approximate surface area is 127 Å². The van der Waals surface area contributed by atoms with Gasteiger partial charge in [-0.25, -0.2) is 0 Å². The minimum Gasteiger partial charge on any atom is -0.493 e. The van der Waals surface area contributed by atoms with Crippen LogP contribution < -0.4 is 10.1 Å². The van der Waals surface area contributed by atoms with Crippen LogP contribution in [0.25, 0.3) is 0 Å². The first kappa shape index (κ1) is 13.6. The molecular weight excluding hydrogens is 260 g/mol. The Kier molecular flexibility index (Phi) is 3.87. The second-order valence-corrected chi connectivity index (χ2v) is 6.94. The van der Waals surface area contributed by atoms with Crippen molar-refractivity contribution in [2.24, 2.45) is 5.92 Å². The summed E-state index contributed by atoms with van der Waals surface area (Å²) in [4.78, 5) is 2.60. The van der Waals surface area contributed by atoms with Crippen LogP contribution in [0.4, 0.5) is 0 Å². The highest BCUT2D eigenvalue weighted by molar-refractivity contribution is 5.39. The number of nitrogens with zero attached hydrogens (tertiary/aromatic N) is 1. The van der Waals surface area contributed by atoms with Crippen LogP contribution in [0.1, 0.15) is 36.8 Å². The second kappa shape index (κ2) is 5.98. The van der Waals surface area contributed by atoms with Gasteiger partial charge in [0.2, 0.25) is 0 Å². The molecule has 1 aromatic carbocycles. The first-order valence-corrected chi connectivity index (χ1v) is 8.57. The molecule has 0 amide bonds. The summed E-state index contributed by atoms with van der Waals surface area (Å²) in [6.07, 6.45) is 6.60. The number of rotatable bonds is 5. The highest BCUT2D eigenvalue weighted by Crippen LogP contribution is 2.28. The van der Waals surface area contributed by atoms with Crippen molar-refractivity contribution < 1.29 is 4.74 Å². The molecule has 3 aliphatic rings. The van der Waals surface area contributed by atoms with Crippen LogP contribution >= 0.6 is 0 Å². The molecule has 114 valence electrons. The molecule has 1 aliphatic carbocycles. The largest absolute Gasteiger partial charge is 0.493 e. The summed E-state index contributed by atoms with van der Waals surface area (Å²) in [5.74, 6) is 2.10. The standard InChI is InChI=1S/C18H26N2O/c1-2-14(1)12-19-17-5-8-20(9-6-17)13-15-3-4-18-16(11-15)7-10-21-18/h3-4,11,14,17,19H,1-2,5-10,12-13H2. The van der Waals surface area contributed by atoms with E-state index in [0.717, 1.165) is 37.3 Å². The number of hydrogen-bond donors (Lipinski definition) is 1. The van der Waals surface area contributed by atoms with E-state index >= 15 is 0 Å². The van der Waals surface area contributed by atoms with Crippen LogP contribution in [0.2, 0.25) is 0 Å². The number of benzene rings is 1. The molecule has 3 nitrogen and oxygen atoms in total. The SMILES string of the molecule is c1cc2c(cc1CN1CCC(NCC3CC3)CC1)CCO2. The zero-order valence-corrected chi connectivity index (χ0v) is 12.8. The Morgan fingerprint density at radius 1 is 1.14 bits per heavy atom. The summed E-state index contributed by atoms with van der Waals surface area (Å²) in [5.41, 5.74) is 2.84. The van der Waals surface area contributed by atoms with Gasteiger partial charge in [0.25, 0.3) is 0 Å². The predicted molar refractivity (Wildman–Crippen MR) is 84.7 cm³/mol. The fourth-order valence-electron chi connectivity index (χ4n) is 3.55. The lowest BCUT2D eigenvalue weighted by Crippen LogP contribution is -2.42. The molecule has 2 fully saturated rings. The molecule has 0 atom stereocenters. The molecule has 3 heteroatoms. The summed E-state index contributed by atoms with van der Waals surface area (Å²) in [7, 11) is 0. The predicted octanol–water partition coefficient (Wildman–Crippen LogP) is 2.59. The molecule has 0 radical (unpaired) electrons. The Hall–Kier alpha value is -1.06. The lowest BCUT2D eigenvalue weighted by Gasteiger charge is -2.32. The average molecular weight is 286 g/mol. The molecule has 0 spiro atoms. The van der Waals surface area contributed by atoms with Gasteiger partial charge in [-0.2, -0.15) is 0 Å². The maximum Gasteiger partial charge on any atom is 0.122 e. The van der Waals surface area contributed by atoms with Crippen LogP contribution in [0.5, 0.6) is 5.75 Å². The Bertz CT molecular complexity index is 490. The van der Waals surface area contributed by atoms with E-state index in [4.69, 9.17) is 4.74 Å². The smallest absolute Gasteiger partial charge is 0.122 e. The summed E-state index contributed by atoms with van der Waals surface area (Å²) >= 11 is 0. The number of nitrogens with one attached hydrogen (secondary N) is 1. The number of ether oxygens (including phenoxy) is 1. The van der Waals surface area contributed by atoms with Crippen molar-refractivity contribution in [2.75, 3.05) is 26.2 Å². The van der Waals surface area contributed by atoms with E-state index in [9.17, 15) is 0 Å². The van der Waals surface area contributed by atoms with E-state index in [2.05, 4.69) is 28.4 Å². The van der Waals surface area contributed by atoms with E-state index < -0.39 is 0 Å². The van der Waals surface area contributed by atoms with Crippen molar-refractivity contribution >= 4 is 0 Å². The summed E-state index contributed by atoms with van der Waals surface area (Å²) in [6, 6.07) is 7.50. The van der Waals surface area contributed by atoms with Gasteiger partial charge in [0, 0.05) is 19.0 Å². The summed E-state index contributed by atoms with van der Waals surface area (Å²) in [5, 5.41) is 3.76. The van der Waals surface area contributed by atoms with Crippen molar-refractivity contribution in [2.45, 2.75) is 44.7 Å². The molecule has 1 aromatic rings. The van der Waals surface area contributed by atoms with Crippen molar-refractivity contribution in [1.29, 1.82) is 0 Å². The molecule has 0 aromatic heterocycles. The van der Waals surface area contributed by atoms with Gasteiger partial charge in [-0.3, -0.25) is 4.90 Å². The van der Waals surface area contributed by atoms with Crippen LogP contribution in [-0.4, -0.2) is 37.2 Å². The summed E-state index contributed by atoms with van der Waals surface area (Å²) < 4.78 is 5.59. The van der Waals surface area contributed by atoms with E-state index in [1.54, 1.807) is 0 Å². The number of likely N-dealkylation sites (tertiary alicyclic amines) is 1. The van der Waals surface area contributed by atoms with Gasteiger partial charge < -0.3 is 10.1 Å². The molecule has 0 unspecified atom stereocenters. The third kappa shape index (κ3) is 3.41. The average Bonchev–Trinajstić information content (AvgIpc) is 3.23. The minimum absolute atomic E-state index is 0.760. The van der Waals surface area contributed by atoms with E-state index in [-0.39, 0.29) is 0 Å². The monoisotopic (exact) mass is 286 g/mol. The topological polar surface area (TPSA) is 24.5 Å². The second-order valence-electron chi connectivity index (χ2n) is 6.94. The van der Waals surface area contributed by atoms with Crippen molar-refractivity contribution in [1.82, 2.24) is 10.2 Å². The van der Waals surface area contributed by atoms with Gasteiger partial charge in [0.05, 0.1) is 6.61 Å². The van der Waals surface area contributed by atoms with Crippen molar-refractivity contribution in [3.63, 3.8) is 0 Å². The molecule has 2 heterocycles. The first-order valence-electron chi connectivity index (χ1n) is 8.57. The molecular formula is C18H26N2O. The molecule has 2 aliphatic heterocycles. The maximum absolute atomic E-state index is 5.59. The Morgan fingerprint density at radius 3 is 2.81 bits per heavy atom. The van der Waals surface area contributed by atoms with Gasteiger partial charge in [-0.15, -0.1) is 0 Å². The molecule has 4 rings (SSSR count). The van der Waals surface area contributed by atoms with Crippen LogP contribution in [0.15, 0.2) is 18.2 Å². The third-order valence-corrected chi connectivity index (χ3v) is 5.14. The first-order chi connectivity index (χ1) is 10.4. The number of piperidine rings is 1. The van der Waals surface area contributed by atoms with Gasteiger partial charge in [-0.1, -0.05) is 12.1 Å². The molecule has 1 saturated carbocycles. The Morgan fingerprint density at radius 2 is 2.00 bits per heavy atom. The molecule has 1 N–H and O–H groups in total. The highest BCUT2D eigenvalue weighted by atomic mass is 16.5. The summed E-state index contributed by atoms with van der Waals surface area (Å²) in [6.45, 7) is 5.68. The molecule has 21 heavy (non-hydrogen) atoms. The number of fused-ring (bicyclic) bond motifs is 1. The lowest BCUT2D eigenvalue weighted by molar-refractivity contribution is 0.190. The normalized spacial score (nSPS) is 23.0. The minimum atomic E-state index is 0.760. The van der Waals surface area contributed by atoms with Crippen molar-refractivity contribution in [3.8, 4) is 5.75 Å². The van der Waals surface area contributed by atoms with E-state index in [1.165, 1.54) is 56.4 Å². The fourth-order valence-corrected chi connectivity index (χ4v) is 3.55. The highest BCUT2D eigenvalue weighted by Gasteiger charge is 2.24. The zero-order chi connectivity index (χ0) is 14.1. The van der Waals surface area contributed by atoms with Gasteiger partial charge in [-0.05, 0) is 68.4 Å². The third-order valence-electron chi connectivity index (χ3n) is 5.14. The molecule has 1 saturated heterocycles. The van der Waals surface area contributed by atoms with Crippen LogP contribution in [0, 0.1) is 5.92 Å². The van der Waals surface area contributed by atoms with Gasteiger partial charge >= 0.3 is 0 Å². The van der Waals surface area contributed by atoms with Gasteiger partial charge in [0.1, 0.15) is 5.75 Å². The fraction of sp³-hybridized carbons (Fsp3) is 0.667. The maximum atomic E-state index is 5.59. The van der Waals surface area contributed by atoms with Crippen LogP contribution in [-0.2, 0) is 13.0 Å². The van der Waals surface area contributed by atoms with E-state index in [0.29, 0.717) is 0 Å². The zero-order valence-electron chi connectivity index (χ0n) is 12.8. The lowest BCUT2D eigenvalue weighted by atomic mass is 10.0. The quantitative estimate of drug-likeness (QED) is 0.900. The van der Waals surface area contributed by atoms with Crippen LogP contribution in [0.3, 0.4) is 0 Å². The van der Waals surface area contributed by atoms with E-state index in [1.807, 2.05) is 0 Å². The molecule has 0 bridgehead atoms. The Balaban J connectivity index is 1.26. The van der Waals surface area contributed by atoms with Gasteiger partial charge in [0.15, 0.2) is 0 Å². The van der Waals surface area contributed by atoms with Crippen molar-refractivity contribution in [3.05, 3.63) is 29.3 Å².